The van der Waals surface area contributed by atoms with Crippen LogP contribution >= 0.6 is 0 Å². The van der Waals surface area contributed by atoms with Crippen molar-refractivity contribution in [2.75, 3.05) is 6.61 Å². The van der Waals surface area contributed by atoms with Crippen LogP contribution in [0.15, 0.2) is 24.5 Å². The van der Waals surface area contributed by atoms with Crippen LogP contribution in [0.2, 0.25) is 0 Å². The van der Waals surface area contributed by atoms with Gasteiger partial charge < -0.3 is 15.4 Å². The van der Waals surface area contributed by atoms with Crippen LogP contribution in [0.5, 0.6) is 0 Å². The smallest absolute Gasteiger partial charge is 0.140 e. The first-order chi connectivity index (χ1) is 7.36. The lowest BCUT2D eigenvalue weighted by Crippen LogP contribution is -1.99. The van der Waals surface area contributed by atoms with Crippen LogP contribution in [0.4, 0.5) is 0 Å². The summed E-state index contributed by atoms with van der Waals surface area (Å²) >= 11 is 0. The minimum absolute atomic E-state index is 0.199. The maximum atomic E-state index is 8.81. The van der Waals surface area contributed by atoms with E-state index in [-0.39, 0.29) is 6.61 Å². The number of nitrogens with zero attached hydrogens (tertiary/aromatic N) is 2. The molecule has 0 spiro atoms. The fourth-order valence-corrected chi connectivity index (χ4v) is 1.77. The van der Waals surface area contributed by atoms with Crippen LogP contribution in [0.25, 0.3) is 11.0 Å². The number of aryl methyl sites for hydroxylation is 1. The summed E-state index contributed by atoms with van der Waals surface area (Å²) in [6.45, 7) is 1.50. The second kappa shape index (κ2) is 4.42. The molecule has 0 saturated heterocycles. The highest BCUT2D eigenvalue weighted by Crippen LogP contribution is 2.18. The van der Waals surface area contributed by atoms with Crippen molar-refractivity contribution in [2.45, 2.75) is 19.5 Å². The molecule has 0 bridgehead atoms. The van der Waals surface area contributed by atoms with Crippen LogP contribution < -0.4 is 5.73 Å². The first-order valence-corrected chi connectivity index (χ1v) is 5.10. The number of aliphatic hydroxyl groups excluding tert-OH is 1. The maximum absolute atomic E-state index is 8.81. The normalized spacial score (nSPS) is 11.1. The molecule has 3 N–H and O–H groups in total. The van der Waals surface area contributed by atoms with Gasteiger partial charge >= 0.3 is 0 Å². The summed E-state index contributed by atoms with van der Waals surface area (Å²) in [6.07, 6.45) is 4.54. The van der Waals surface area contributed by atoms with Gasteiger partial charge in [-0.15, -0.1) is 0 Å². The Labute approximate surface area is 88.3 Å². The van der Waals surface area contributed by atoms with E-state index in [2.05, 4.69) is 4.98 Å². The Morgan fingerprint density at radius 2 is 2.33 bits per heavy atom. The van der Waals surface area contributed by atoms with Crippen LogP contribution in [0.3, 0.4) is 0 Å². The molecule has 0 atom stereocenters. The highest BCUT2D eigenvalue weighted by molar-refractivity contribution is 5.80. The van der Waals surface area contributed by atoms with Gasteiger partial charge in [0.15, 0.2) is 0 Å². The maximum Gasteiger partial charge on any atom is 0.140 e. The van der Waals surface area contributed by atoms with Crippen molar-refractivity contribution < 1.29 is 5.11 Å². The monoisotopic (exact) mass is 205 g/mol. The number of aliphatic hydroxyl groups is 1. The minimum atomic E-state index is 0.199. The summed E-state index contributed by atoms with van der Waals surface area (Å²) in [6, 6.07) is 3.94. The largest absolute Gasteiger partial charge is 0.396 e. The van der Waals surface area contributed by atoms with E-state index in [4.69, 9.17) is 10.8 Å². The number of hydrogen-bond acceptors (Lipinski definition) is 3. The molecule has 2 rings (SSSR count). The van der Waals surface area contributed by atoms with Crippen molar-refractivity contribution in [1.82, 2.24) is 9.55 Å². The second-order valence-electron chi connectivity index (χ2n) is 3.50. The standard InChI is InChI=1S/C11H15N3O/c12-7-9-8-14(5-2-6-15)11-10(9)3-1-4-13-11/h1,3-4,8,15H,2,5-7,12H2. The van der Waals surface area contributed by atoms with Crippen LogP contribution in [0, 0.1) is 0 Å². The number of pyridine rings is 1. The molecular weight excluding hydrogens is 190 g/mol. The predicted octanol–water partition coefficient (Wildman–Crippen LogP) is 0.877. The van der Waals surface area contributed by atoms with Gasteiger partial charge in [-0.25, -0.2) is 4.98 Å². The molecule has 0 radical (unpaired) electrons. The minimum Gasteiger partial charge on any atom is -0.396 e. The average Bonchev–Trinajstić information content (AvgIpc) is 2.65. The zero-order valence-corrected chi connectivity index (χ0v) is 8.56. The Hall–Kier alpha value is -1.39. The zero-order chi connectivity index (χ0) is 10.7. The first-order valence-electron chi connectivity index (χ1n) is 5.10. The molecule has 4 nitrogen and oxygen atoms in total. The molecule has 0 aliphatic rings. The Morgan fingerprint density at radius 1 is 1.47 bits per heavy atom. The molecule has 2 aromatic rings. The lowest BCUT2D eigenvalue weighted by molar-refractivity contribution is 0.280. The van der Waals surface area contributed by atoms with E-state index in [0.29, 0.717) is 6.54 Å². The lowest BCUT2D eigenvalue weighted by atomic mass is 10.2. The van der Waals surface area contributed by atoms with Crippen molar-refractivity contribution in [3.63, 3.8) is 0 Å². The van der Waals surface area contributed by atoms with Gasteiger partial charge in [-0.05, 0) is 24.1 Å². The van der Waals surface area contributed by atoms with Gasteiger partial charge in [0.25, 0.3) is 0 Å². The zero-order valence-electron chi connectivity index (χ0n) is 8.56. The molecule has 4 heteroatoms. The molecule has 0 aliphatic heterocycles. The third kappa shape index (κ3) is 1.86. The first kappa shape index (κ1) is 10.1. The highest BCUT2D eigenvalue weighted by Gasteiger charge is 2.06. The van der Waals surface area contributed by atoms with Crippen LogP contribution in [-0.2, 0) is 13.1 Å². The Kier molecular flexibility index (Phi) is 2.99. The van der Waals surface area contributed by atoms with E-state index in [1.54, 1.807) is 6.20 Å². The molecule has 2 aromatic heterocycles. The number of hydrogen-bond donors (Lipinski definition) is 2. The average molecular weight is 205 g/mol. The van der Waals surface area contributed by atoms with Crippen molar-refractivity contribution in [2.24, 2.45) is 5.73 Å². The molecule has 15 heavy (non-hydrogen) atoms. The summed E-state index contributed by atoms with van der Waals surface area (Å²) in [5, 5.41) is 9.91. The predicted molar refractivity (Wildman–Crippen MR) is 59.3 cm³/mol. The molecule has 0 aromatic carbocycles. The van der Waals surface area contributed by atoms with Crippen molar-refractivity contribution >= 4 is 11.0 Å². The van der Waals surface area contributed by atoms with Gasteiger partial charge in [-0.2, -0.15) is 0 Å². The molecule has 0 unspecified atom stereocenters. The van der Waals surface area contributed by atoms with E-state index in [0.717, 1.165) is 29.6 Å². The Morgan fingerprint density at radius 3 is 3.07 bits per heavy atom. The van der Waals surface area contributed by atoms with Crippen molar-refractivity contribution in [3.8, 4) is 0 Å². The van der Waals surface area contributed by atoms with Gasteiger partial charge in [0.05, 0.1) is 0 Å². The number of nitrogens with two attached hydrogens (primary N) is 1. The molecule has 0 saturated carbocycles. The summed E-state index contributed by atoms with van der Waals surface area (Å²) in [5.74, 6) is 0. The van der Waals surface area contributed by atoms with Crippen LogP contribution in [-0.4, -0.2) is 21.3 Å². The molecule has 0 aliphatic carbocycles. The third-order valence-corrected chi connectivity index (χ3v) is 2.49. The van der Waals surface area contributed by atoms with Gasteiger partial charge in [0, 0.05) is 37.5 Å². The summed E-state index contributed by atoms with van der Waals surface area (Å²) in [7, 11) is 0. The molecule has 80 valence electrons. The molecule has 2 heterocycles. The SMILES string of the molecule is NCc1cn(CCCO)c2ncccc12. The van der Waals surface area contributed by atoms with E-state index < -0.39 is 0 Å². The Bertz CT molecular complexity index is 450. The number of aromatic nitrogens is 2. The van der Waals surface area contributed by atoms with E-state index in [9.17, 15) is 0 Å². The quantitative estimate of drug-likeness (QED) is 0.778. The van der Waals surface area contributed by atoms with E-state index in [1.807, 2.05) is 22.9 Å². The molecular formula is C11H15N3O. The highest BCUT2D eigenvalue weighted by atomic mass is 16.3. The third-order valence-electron chi connectivity index (χ3n) is 2.49. The van der Waals surface area contributed by atoms with Gasteiger partial charge in [0.1, 0.15) is 5.65 Å². The summed E-state index contributed by atoms with van der Waals surface area (Å²) in [5.41, 5.74) is 7.73. The fourth-order valence-electron chi connectivity index (χ4n) is 1.77. The van der Waals surface area contributed by atoms with Crippen LogP contribution in [0.1, 0.15) is 12.0 Å². The van der Waals surface area contributed by atoms with Gasteiger partial charge in [-0.3, -0.25) is 0 Å². The second-order valence-corrected chi connectivity index (χ2v) is 3.50. The van der Waals surface area contributed by atoms with Gasteiger partial charge in [-0.1, -0.05) is 0 Å². The van der Waals surface area contributed by atoms with Crippen molar-refractivity contribution in [3.05, 3.63) is 30.1 Å². The lowest BCUT2D eigenvalue weighted by Gasteiger charge is -2.01. The van der Waals surface area contributed by atoms with E-state index in [1.165, 1.54) is 0 Å². The summed E-state index contributed by atoms with van der Waals surface area (Å²) in [4.78, 5) is 4.33. The summed E-state index contributed by atoms with van der Waals surface area (Å²) < 4.78 is 2.05. The van der Waals surface area contributed by atoms with Gasteiger partial charge in [0.2, 0.25) is 0 Å². The van der Waals surface area contributed by atoms with Crippen molar-refractivity contribution in [1.29, 1.82) is 0 Å². The number of fused-ring (bicyclic) bond motifs is 1. The fraction of sp³-hybridized carbons (Fsp3) is 0.364. The van der Waals surface area contributed by atoms with E-state index >= 15 is 0 Å². The number of rotatable bonds is 4. The topological polar surface area (TPSA) is 64.1 Å². The molecule has 0 amide bonds. The Balaban J connectivity index is 2.45. The molecule has 0 fully saturated rings.